The minimum atomic E-state index is -0.851. The SMILES string of the molecule is COc1ccc(O[C@H](C(=O)Nc2ccc(OC)cc2OC)c2ccccc2)cc1. The summed E-state index contributed by atoms with van der Waals surface area (Å²) in [5.74, 6) is 2.07. The van der Waals surface area contributed by atoms with E-state index in [-0.39, 0.29) is 5.91 Å². The Balaban J connectivity index is 1.86. The number of amides is 1. The van der Waals surface area contributed by atoms with Crippen molar-refractivity contribution in [1.29, 1.82) is 0 Å². The number of rotatable bonds is 8. The van der Waals surface area contributed by atoms with E-state index in [0.717, 1.165) is 5.56 Å². The highest BCUT2D eigenvalue weighted by Crippen LogP contribution is 2.31. The fraction of sp³-hybridized carbons (Fsp3) is 0.174. The van der Waals surface area contributed by atoms with Crippen LogP contribution in [0.15, 0.2) is 72.8 Å². The van der Waals surface area contributed by atoms with Crippen molar-refractivity contribution in [2.75, 3.05) is 26.6 Å². The first kappa shape index (κ1) is 20.1. The van der Waals surface area contributed by atoms with E-state index in [4.69, 9.17) is 18.9 Å². The second-order valence-corrected chi connectivity index (χ2v) is 6.14. The van der Waals surface area contributed by atoms with Gasteiger partial charge in [0, 0.05) is 11.6 Å². The third-order valence-electron chi connectivity index (χ3n) is 4.32. The molecule has 3 aromatic carbocycles. The van der Waals surface area contributed by atoms with Crippen LogP contribution in [0.4, 0.5) is 5.69 Å². The highest BCUT2D eigenvalue weighted by atomic mass is 16.5. The van der Waals surface area contributed by atoms with Crippen molar-refractivity contribution in [3.8, 4) is 23.0 Å². The lowest BCUT2D eigenvalue weighted by atomic mass is 10.1. The summed E-state index contributed by atoms with van der Waals surface area (Å²) >= 11 is 0. The van der Waals surface area contributed by atoms with Crippen molar-refractivity contribution in [2.24, 2.45) is 0 Å². The Kier molecular flexibility index (Phi) is 6.58. The molecular formula is C23H23NO5. The van der Waals surface area contributed by atoms with Crippen LogP contribution in [0.3, 0.4) is 0 Å². The Bertz CT molecular complexity index is 941. The standard InChI is InChI=1S/C23H23NO5/c1-26-17-9-11-18(12-10-17)29-22(16-7-5-4-6-8-16)23(25)24-20-14-13-19(27-2)15-21(20)28-3/h4-15,22H,1-3H3,(H,24,25)/t22-/m0/s1. The largest absolute Gasteiger partial charge is 0.497 e. The quantitative estimate of drug-likeness (QED) is 0.612. The molecule has 0 radical (unpaired) electrons. The Morgan fingerprint density at radius 3 is 2.00 bits per heavy atom. The Labute approximate surface area is 170 Å². The molecule has 0 aromatic heterocycles. The van der Waals surface area contributed by atoms with Crippen LogP contribution in [0.2, 0.25) is 0 Å². The van der Waals surface area contributed by atoms with Crippen LogP contribution in [0.1, 0.15) is 11.7 Å². The number of hydrogen-bond donors (Lipinski definition) is 1. The molecule has 0 aliphatic carbocycles. The molecule has 0 saturated carbocycles. The van der Waals surface area contributed by atoms with Crippen molar-refractivity contribution in [3.05, 3.63) is 78.4 Å². The van der Waals surface area contributed by atoms with Crippen molar-refractivity contribution >= 4 is 11.6 Å². The van der Waals surface area contributed by atoms with Crippen LogP contribution in [-0.2, 0) is 4.79 Å². The fourth-order valence-electron chi connectivity index (χ4n) is 2.79. The topological polar surface area (TPSA) is 66.0 Å². The highest BCUT2D eigenvalue weighted by Gasteiger charge is 2.24. The van der Waals surface area contributed by atoms with Crippen LogP contribution in [0.5, 0.6) is 23.0 Å². The number of ether oxygens (including phenoxy) is 4. The van der Waals surface area contributed by atoms with Gasteiger partial charge in [0.15, 0.2) is 0 Å². The van der Waals surface area contributed by atoms with E-state index in [2.05, 4.69) is 5.32 Å². The van der Waals surface area contributed by atoms with Gasteiger partial charge in [0.1, 0.15) is 23.0 Å². The normalized spacial score (nSPS) is 11.3. The van der Waals surface area contributed by atoms with E-state index in [1.165, 1.54) is 7.11 Å². The van der Waals surface area contributed by atoms with Gasteiger partial charge in [-0.15, -0.1) is 0 Å². The molecule has 0 aliphatic rings. The van der Waals surface area contributed by atoms with Crippen LogP contribution in [0.25, 0.3) is 0 Å². The molecule has 1 amide bonds. The first-order chi connectivity index (χ1) is 14.1. The lowest BCUT2D eigenvalue weighted by Gasteiger charge is -2.20. The summed E-state index contributed by atoms with van der Waals surface area (Å²) in [6.07, 6.45) is -0.851. The molecule has 0 heterocycles. The van der Waals surface area contributed by atoms with E-state index >= 15 is 0 Å². The minimum Gasteiger partial charge on any atom is -0.497 e. The lowest BCUT2D eigenvalue weighted by Crippen LogP contribution is -2.26. The molecular weight excluding hydrogens is 370 g/mol. The number of hydrogen-bond acceptors (Lipinski definition) is 5. The van der Waals surface area contributed by atoms with Crippen molar-refractivity contribution in [1.82, 2.24) is 0 Å². The summed E-state index contributed by atoms with van der Waals surface area (Å²) in [6.45, 7) is 0. The highest BCUT2D eigenvalue weighted by molar-refractivity contribution is 5.96. The number of methoxy groups -OCH3 is 3. The van der Waals surface area contributed by atoms with Crippen LogP contribution in [-0.4, -0.2) is 27.2 Å². The molecule has 3 rings (SSSR count). The molecule has 0 saturated heterocycles. The van der Waals surface area contributed by atoms with E-state index in [0.29, 0.717) is 28.7 Å². The number of benzene rings is 3. The van der Waals surface area contributed by atoms with Gasteiger partial charge in [0.05, 0.1) is 27.0 Å². The van der Waals surface area contributed by atoms with Gasteiger partial charge in [-0.1, -0.05) is 30.3 Å². The van der Waals surface area contributed by atoms with Gasteiger partial charge in [0.25, 0.3) is 5.91 Å². The smallest absolute Gasteiger partial charge is 0.270 e. The van der Waals surface area contributed by atoms with Gasteiger partial charge in [-0.25, -0.2) is 0 Å². The maximum Gasteiger partial charge on any atom is 0.270 e. The molecule has 3 aromatic rings. The Morgan fingerprint density at radius 2 is 1.38 bits per heavy atom. The zero-order chi connectivity index (χ0) is 20.6. The lowest BCUT2D eigenvalue weighted by molar-refractivity contribution is -0.123. The maximum atomic E-state index is 13.1. The third-order valence-corrected chi connectivity index (χ3v) is 4.32. The number of carbonyl (C=O) groups is 1. The van der Waals surface area contributed by atoms with E-state index in [9.17, 15) is 4.79 Å². The summed E-state index contributed by atoms with van der Waals surface area (Å²) in [6, 6.07) is 21.6. The summed E-state index contributed by atoms with van der Waals surface area (Å²) in [5.41, 5.74) is 1.26. The van der Waals surface area contributed by atoms with Gasteiger partial charge < -0.3 is 24.3 Å². The van der Waals surface area contributed by atoms with Crippen molar-refractivity contribution < 1.29 is 23.7 Å². The summed E-state index contributed by atoms with van der Waals surface area (Å²) < 4.78 is 21.8. The summed E-state index contributed by atoms with van der Waals surface area (Å²) in [5, 5.41) is 2.88. The first-order valence-corrected chi connectivity index (χ1v) is 9.03. The zero-order valence-corrected chi connectivity index (χ0v) is 16.5. The fourth-order valence-corrected chi connectivity index (χ4v) is 2.79. The average Bonchev–Trinajstić information content (AvgIpc) is 2.78. The van der Waals surface area contributed by atoms with Gasteiger partial charge in [0.2, 0.25) is 6.10 Å². The van der Waals surface area contributed by atoms with Crippen LogP contribution in [0, 0.1) is 0 Å². The zero-order valence-electron chi connectivity index (χ0n) is 16.5. The molecule has 0 bridgehead atoms. The molecule has 0 spiro atoms. The predicted octanol–water partition coefficient (Wildman–Crippen LogP) is 4.47. The maximum absolute atomic E-state index is 13.1. The third kappa shape index (κ3) is 4.99. The summed E-state index contributed by atoms with van der Waals surface area (Å²) in [4.78, 5) is 13.1. The molecule has 1 atom stereocenters. The predicted molar refractivity (Wildman–Crippen MR) is 111 cm³/mol. The Morgan fingerprint density at radius 1 is 0.759 bits per heavy atom. The monoisotopic (exact) mass is 393 g/mol. The number of anilines is 1. The Hall–Kier alpha value is -3.67. The van der Waals surface area contributed by atoms with Crippen molar-refractivity contribution in [3.63, 3.8) is 0 Å². The average molecular weight is 393 g/mol. The van der Waals surface area contributed by atoms with Gasteiger partial charge >= 0.3 is 0 Å². The molecule has 6 heteroatoms. The van der Waals surface area contributed by atoms with E-state index in [1.807, 2.05) is 30.3 Å². The molecule has 0 aliphatic heterocycles. The van der Waals surface area contributed by atoms with E-state index < -0.39 is 6.10 Å². The van der Waals surface area contributed by atoms with E-state index in [1.54, 1.807) is 56.7 Å². The van der Waals surface area contributed by atoms with Gasteiger partial charge in [-0.05, 0) is 36.4 Å². The molecule has 0 fully saturated rings. The molecule has 6 nitrogen and oxygen atoms in total. The molecule has 0 unspecified atom stereocenters. The first-order valence-electron chi connectivity index (χ1n) is 9.03. The number of nitrogens with one attached hydrogen (secondary N) is 1. The second kappa shape index (κ2) is 9.50. The molecule has 1 N–H and O–H groups in total. The summed E-state index contributed by atoms with van der Waals surface area (Å²) in [7, 11) is 4.70. The van der Waals surface area contributed by atoms with Gasteiger partial charge in [-0.3, -0.25) is 4.79 Å². The second-order valence-electron chi connectivity index (χ2n) is 6.14. The van der Waals surface area contributed by atoms with Gasteiger partial charge in [-0.2, -0.15) is 0 Å². The number of carbonyl (C=O) groups excluding carboxylic acids is 1. The van der Waals surface area contributed by atoms with Crippen LogP contribution >= 0.6 is 0 Å². The van der Waals surface area contributed by atoms with Crippen molar-refractivity contribution in [2.45, 2.75) is 6.10 Å². The minimum absolute atomic E-state index is 0.324. The van der Waals surface area contributed by atoms with Crippen LogP contribution < -0.4 is 24.3 Å². The molecule has 29 heavy (non-hydrogen) atoms. The molecule has 150 valence electrons.